The van der Waals surface area contributed by atoms with E-state index in [-0.39, 0.29) is 5.78 Å². The molecule has 0 fully saturated rings. The largest absolute Gasteiger partial charge is 0.295 e. The third-order valence-corrected chi connectivity index (χ3v) is 2.16. The van der Waals surface area contributed by atoms with E-state index in [1.54, 1.807) is 6.92 Å². The van der Waals surface area contributed by atoms with Gasteiger partial charge in [-0.3, -0.25) is 4.79 Å². The Morgan fingerprint density at radius 2 is 2.08 bits per heavy atom. The zero-order valence-electron chi connectivity index (χ0n) is 8.55. The van der Waals surface area contributed by atoms with Crippen LogP contribution in [0.5, 0.6) is 0 Å². The van der Waals surface area contributed by atoms with Gasteiger partial charge in [0.1, 0.15) is 0 Å². The molecule has 0 aliphatic carbocycles. The Labute approximate surface area is 79.8 Å². The highest BCUT2D eigenvalue weighted by molar-refractivity contribution is 5.95. The summed E-state index contributed by atoms with van der Waals surface area (Å²) in [4.78, 5) is 11.3. The van der Waals surface area contributed by atoms with Gasteiger partial charge in [-0.05, 0) is 25.8 Å². The second kappa shape index (κ2) is 4.22. The third-order valence-electron chi connectivity index (χ3n) is 2.16. The molecule has 0 heterocycles. The van der Waals surface area contributed by atoms with Crippen LogP contribution in [0, 0.1) is 6.92 Å². The van der Waals surface area contributed by atoms with Crippen molar-refractivity contribution in [2.75, 3.05) is 0 Å². The Balaban J connectivity index is 3.10. The Kier molecular flexibility index (Phi) is 3.24. The first-order valence-corrected chi connectivity index (χ1v) is 4.75. The quantitative estimate of drug-likeness (QED) is 0.646. The lowest BCUT2D eigenvalue weighted by atomic mass is 9.98. The molecule has 1 rings (SSSR count). The molecule has 13 heavy (non-hydrogen) atoms. The van der Waals surface area contributed by atoms with Gasteiger partial charge in [0, 0.05) is 5.56 Å². The first-order chi connectivity index (χ1) is 6.15. The van der Waals surface area contributed by atoms with E-state index in [1.165, 1.54) is 11.1 Å². The van der Waals surface area contributed by atoms with Gasteiger partial charge in [0.2, 0.25) is 0 Å². The van der Waals surface area contributed by atoms with Crippen LogP contribution in [0.15, 0.2) is 18.2 Å². The maximum atomic E-state index is 11.3. The van der Waals surface area contributed by atoms with E-state index in [4.69, 9.17) is 0 Å². The van der Waals surface area contributed by atoms with Gasteiger partial charge in [-0.2, -0.15) is 0 Å². The van der Waals surface area contributed by atoms with Gasteiger partial charge >= 0.3 is 0 Å². The summed E-state index contributed by atoms with van der Waals surface area (Å²) in [6.45, 7) is 5.82. The van der Waals surface area contributed by atoms with Crippen LogP contribution in [0.1, 0.15) is 41.8 Å². The number of aryl methyl sites for hydroxylation is 2. The number of carbonyl (C=O) groups is 1. The molecule has 1 heteroatoms. The number of benzene rings is 1. The van der Waals surface area contributed by atoms with Gasteiger partial charge < -0.3 is 0 Å². The van der Waals surface area contributed by atoms with E-state index in [0.29, 0.717) is 0 Å². The maximum absolute atomic E-state index is 11.3. The summed E-state index contributed by atoms with van der Waals surface area (Å²) >= 11 is 0. The van der Waals surface area contributed by atoms with Gasteiger partial charge in [0.25, 0.3) is 0 Å². The smallest absolute Gasteiger partial charge is 0.160 e. The highest BCUT2D eigenvalue weighted by atomic mass is 16.1. The molecule has 70 valence electrons. The van der Waals surface area contributed by atoms with Crippen molar-refractivity contribution in [1.29, 1.82) is 0 Å². The molecule has 0 saturated heterocycles. The van der Waals surface area contributed by atoms with Crippen LogP contribution in [0.4, 0.5) is 0 Å². The molecule has 0 unspecified atom stereocenters. The molecular weight excluding hydrogens is 160 g/mol. The normalized spacial score (nSPS) is 10.1. The van der Waals surface area contributed by atoms with Gasteiger partial charge in [0.15, 0.2) is 5.78 Å². The van der Waals surface area contributed by atoms with Crippen LogP contribution in [0.2, 0.25) is 0 Å². The lowest BCUT2D eigenvalue weighted by Crippen LogP contribution is -1.99. The van der Waals surface area contributed by atoms with E-state index >= 15 is 0 Å². The molecule has 0 N–H and O–H groups in total. The summed E-state index contributed by atoms with van der Waals surface area (Å²) < 4.78 is 0. The average molecular weight is 176 g/mol. The Morgan fingerprint density at radius 3 is 2.62 bits per heavy atom. The molecule has 1 nitrogen and oxygen atoms in total. The van der Waals surface area contributed by atoms with Gasteiger partial charge in [-0.1, -0.05) is 37.1 Å². The van der Waals surface area contributed by atoms with Gasteiger partial charge in [-0.15, -0.1) is 0 Å². The van der Waals surface area contributed by atoms with Crippen LogP contribution in [-0.2, 0) is 6.42 Å². The molecule has 1 aromatic rings. The first kappa shape index (κ1) is 9.97. The monoisotopic (exact) mass is 176 g/mol. The highest BCUT2D eigenvalue weighted by Gasteiger charge is 2.05. The van der Waals surface area contributed by atoms with E-state index in [1.807, 2.05) is 12.1 Å². The number of carbonyl (C=O) groups excluding carboxylic acids is 1. The Bertz CT molecular complexity index is 313. The lowest BCUT2D eigenvalue weighted by molar-refractivity contribution is 0.101. The molecule has 0 aliphatic rings. The fourth-order valence-corrected chi connectivity index (χ4v) is 1.54. The molecule has 0 bridgehead atoms. The number of Topliss-reactive ketones (excluding diaryl/α,β-unsaturated/α-hetero) is 1. The summed E-state index contributed by atoms with van der Waals surface area (Å²) in [5, 5.41) is 0. The minimum atomic E-state index is 0.170. The summed E-state index contributed by atoms with van der Waals surface area (Å²) in [5.41, 5.74) is 3.30. The van der Waals surface area contributed by atoms with E-state index < -0.39 is 0 Å². The van der Waals surface area contributed by atoms with Crippen LogP contribution in [-0.4, -0.2) is 5.78 Å². The SMILES string of the molecule is CCCc1cc(C)ccc1C(C)=O. The molecule has 0 aromatic heterocycles. The van der Waals surface area contributed by atoms with E-state index in [2.05, 4.69) is 19.9 Å². The standard InChI is InChI=1S/C12H16O/c1-4-5-11-8-9(2)6-7-12(11)10(3)13/h6-8H,4-5H2,1-3H3. The number of hydrogen-bond donors (Lipinski definition) is 0. The minimum Gasteiger partial charge on any atom is -0.295 e. The molecule has 0 spiro atoms. The zero-order valence-corrected chi connectivity index (χ0v) is 8.55. The van der Waals surface area contributed by atoms with Crippen molar-refractivity contribution in [3.63, 3.8) is 0 Å². The van der Waals surface area contributed by atoms with Gasteiger partial charge in [-0.25, -0.2) is 0 Å². The van der Waals surface area contributed by atoms with Crippen molar-refractivity contribution >= 4 is 5.78 Å². The Morgan fingerprint density at radius 1 is 1.38 bits per heavy atom. The van der Waals surface area contributed by atoms with Gasteiger partial charge in [0.05, 0.1) is 0 Å². The second-order valence-corrected chi connectivity index (χ2v) is 3.47. The molecule has 0 saturated carbocycles. The van der Waals surface area contributed by atoms with Crippen molar-refractivity contribution in [3.05, 3.63) is 34.9 Å². The predicted molar refractivity (Wildman–Crippen MR) is 55.2 cm³/mol. The average Bonchev–Trinajstić information content (AvgIpc) is 2.04. The van der Waals surface area contributed by atoms with Crippen molar-refractivity contribution in [2.24, 2.45) is 0 Å². The van der Waals surface area contributed by atoms with Crippen LogP contribution < -0.4 is 0 Å². The van der Waals surface area contributed by atoms with Crippen molar-refractivity contribution in [2.45, 2.75) is 33.6 Å². The summed E-state index contributed by atoms with van der Waals surface area (Å²) in [6.07, 6.45) is 2.08. The highest BCUT2D eigenvalue weighted by Crippen LogP contribution is 2.14. The van der Waals surface area contributed by atoms with Crippen LogP contribution >= 0.6 is 0 Å². The molecule has 0 amide bonds. The lowest BCUT2D eigenvalue weighted by Gasteiger charge is -2.06. The molecular formula is C12H16O. The maximum Gasteiger partial charge on any atom is 0.160 e. The fraction of sp³-hybridized carbons (Fsp3) is 0.417. The molecule has 0 radical (unpaired) electrons. The predicted octanol–water partition coefficient (Wildman–Crippen LogP) is 3.15. The summed E-state index contributed by atoms with van der Waals surface area (Å²) in [7, 11) is 0. The summed E-state index contributed by atoms with van der Waals surface area (Å²) in [6, 6.07) is 6.04. The van der Waals surface area contributed by atoms with Crippen molar-refractivity contribution < 1.29 is 4.79 Å². The topological polar surface area (TPSA) is 17.1 Å². The Hall–Kier alpha value is -1.11. The van der Waals surface area contributed by atoms with Crippen molar-refractivity contribution in [1.82, 2.24) is 0 Å². The van der Waals surface area contributed by atoms with Crippen LogP contribution in [0.3, 0.4) is 0 Å². The van der Waals surface area contributed by atoms with Crippen molar-refractivity contribution in [3.8, 4) is 0 Å². The minimum absolute atomic E-state index is 0.170. The molecule has 0 aliphatic heterocycles. The second-order valence-electron chi connectivity index (χ2n) is 3.47. The number of ketones is 1. The third kappa shape index (κ3) is 2.41. The molecule has 0 atom stereocenters. The fourth-order valence-electron chi connectivity index (χ4n) is 1.54. The zero-order chi connectivity index (χ0) is 9.84. The number of hydrogen-bond acceptors (Lipinski definition) is 1. The van der Waals surface area contributed by atoms with E-state index in [0.717, 1.165) is 18.4 Å². The van der Waals surface area contributed by atoms with E-state index in [9.17, 15) is 4.79 Å². The number of rotatable bonds is 3. The summed E-state index contributed by atoms with van der Waals surface area (Å²) in [5.74, 6) is 0.170. The van der Waals surface area contributed by atoms with Crippen LogP contribution in [0.25, 0.3) is 0 Å². The first-order valence-electron chi connectivity index (χ1n) is 4.75. The molecule has 1 aromatic carbocycles.